The second-order valence-electron chi connectivity index (χ2n) is 4.33. The van der Waals surface area contributed by atoms with E-state index >= 15 is 0 Å². The van der Waals surface area contributed by atoms with Gasteiger partial charge in [-0.05, 0) is 30.4 Å². The molecule has 0 spiro atoms. The monoisotopic (exact) mass is 236 g/mol. The number of nitrogens with one attached hydrogen (secondary N) is 1. The van der Waals surface area contributed by atoms with Crippen molar-refractivity contribution >= 4 is 11.8 Å². The second kappa shape index (κ2) is 5.71. The lowest BCUT2D eigenvalue weighted by Crippen LogP contribution is -2.42. The lowest BCUT2D eigenvalue weighted by atomic mass is 10.1. The van der Waals surface area contributed by atoms with Crippen LogP contribution in [-0.2, 0) is 6.54 Å². The molecule has 3 heteroatoms. The molecule has 0 unspecified atom stereocenters. The molecule has 0 radical (unpaired) electrons. The summed E-state index contributed by atoms with van der Waals surface area (Å²) in [6.07, 6.45) is 2.15. The number of thioether (sulfide) groups is 1. The molecule has 1 aromatic rings. The number of aryl methyl sites for hydroxylation is 1. The molecule has 1 saturated heterocycles. The van der Waals surface area contributed by atoms with E-state index in [2.05, 4.69) is 41.6 Å². The maximum absolute atomic E-state index is 3.39. The normalized spacial score (nSPS) is 17.6. The molecule has 0 aromatic heterocycles. The first kappa shape index (κ1) is 12.0. The molecule has 0 aliphatic carbocycles. The summed E-state index contributed by atoms with van der Waals surface area (Å²) in [6.45, 7) is 7.86. The van der Waals surface area contributed by atoms with Gasteiger partial charge in [0.2, 0.25) is 0 Å². The van der Waals surface area contributed by atoms with Crippen molar-refractivity contribution in [2.24, 2.45) is 0 Å². The number of nitrogens with zero attached hydrogens (tertiary/aromatic N) is 1. The zero-order valence-corrected chi connectivity index (χ0v) is 10.9. The molecule has 0 saturated carbocycles. The summed E-state index contributed by atoms with van der Waals surface area (Å²) >= 11 is 1.84. The largest absolute Gasteiger partial charge is 0.314 e. The Morgan fingerprint density at radius 1 is 1.31 bits per heavy atom. The van der Waals surface area contributed by atoms with Gasteiger partial charge in [0.15, 0.2) is 0 Å². The Hall–Kier alpha value is -0.510. The summed E-state index contributed by atoms with van der Waals surface area (Å²) in [5, 5.41) is 3.39. The number of piperazine rings is 1. The smallest absolute Gasteiger partial charge is 0.0235 e. The van der Waals surface area contributed by atoms with E-state index in [1.54, 1.807) is 0 Å². The van der Waals surface area contributed by atoms with Gasteiger partial charge in [-0.3, -0.25) is 4.90 Å². The van der Waals surface area contributed by atoms with Crippen molar-refractivity contribution in [3.05, 3.63) is 29.3 Å². The van der Waals surface area contributed by atoms with Crippen LogP contribution in [-0.4, -0.2) is 37.3 Å². The van der Waals surface area contributed by atoms with Crippen LogP contribution >= 0.6 is 11.8 Å². The highest BCUT2D eigenvalue weighted by Gasteiger charge is 2.10. The van der Waals surface area contributed by atoms with E-state index < -0.39 is 0 Å². The van der Waals surface area contributed by atoms with E-state index in [4.69, 9.17) is 0 Å². The molecule has 2 rings (SSSR count). The molecule has 0 bridgehead atoms. The second-order valence-corrected chi connectivity index (χ2v) is 5.18. The van der Waals surface area contributed by atoms with Crippen LogP contribution in [0.2, 0.25) is 0 Å². The zero-order valence-electron chi connectivity index (χ0n) is 10.1. The Morgan fingerprint density at radius 2 is 2.06 bits per heavy atom. The van der Waals surface area contributed by atoms with Gasteiger partial charge in [0.05, 0.1) is 0 Å². The predicted octanol–water partition coefficient (Wildman–Crippen LogP) is 2.12. The molecule has 88 valence electrons. The lowest BCUT2D eigenvalue weighted by Gasteiger charge is -2.27. The first-order valence-electron chi connectivity index (χ1n) is 5.86. The zero-order chi connectivity index (χ0) is 11.4. The van der Waals surface area contributed by atoms with E-state index in [1.165, 1.54) is 29.1 Å². The molecule has 1 aliphatic rings. The third-order valence-corrected chi connectivity index (χ3v) is 3.97. The molecule has 0 atom stereocenters. The van der Waals surface area contributed by atoms with Gasteiger partial charge < -0.3 is 5.32 Å². The average molecular weight is 236 g/mol. The van der Waals surface area contributed by atoms with Gasteiger partial charge in [0, 0.05) is 37.6 Å². The molecule has 1 aromatic carbocycles. The summed E-state index contributed by atoms with van der Waals surface area (Å²) < 4.78 is 0. The highest BCUT2D eigenvalue weighted by Crippen LogP contribution is 2.21. The van der Waals surface area contributed by atoms with Gasteiger partial charge in [-0.2, -0.15) is 0 Å². The molecule has 1 aliphatic heterocycles. The summed E-state index contributed by atoms with van der Waals surface area (Å²) in [4.78, 5) is 3.93. The van der Waals surface area contributed by atoms with Crippen LogP contribution in [0.25, 0.3) is 0 Å². The third-order valence-electron chi connectivity index (χ3n) is 3.09. The first-order valence-corrected chi connectivity index (χ1v) is 7.08. The number of rotatable bonds is 3. The van der Waals surface area contributed by atoms with E-state index in [0.717, 1.165) is 19.6 Å². The summed E-state index contributed by atoms with van der Waals surface area (Å²) in [6, 6.07) is 6.84. The van der Waals surface area contributed by atoms with E-state index in [1.807, 2.05) is 11.8 Å². The third kappa shape index (κ3) is 3.00. The van der Waals surface area contributed by atoms with Crippen molar-refractivity contribution in [2.75, 3.05) is 32.4 Å². The number of benzene rings is 1. The van der Waals surface area contributed by atoms with Gasteiger partial charge in [0.25, 0.3) is 0 Å². The van der Waals surface area contributed by atoms with E-state index in [9.17, 15) is 0 Å². The fourth-order valence-electron chi connectivity index (χ4n) is 2.09. The highest BCUT2D eigenvalue weighted by atomic mass is 32.2. The molecule has 1 heterocycles. The van der Waals surface area contributed by atoms with Crippen molar-refractivity contribution in [3.63, 3.8) is 0 Å². The van der Waals surface area contributed by atoms with Gasteiger partial charge in [-0.1, -0.05) is 12.1 Å². The summed E-state index contributed by atoms with van der Waals surface area (Å²) in [5.41, 5.74) is 2.83. The van der Waals surface area contributed by atoms with Crippen molar-refractivity contribution in [2.45, 2.75) is 18.4 Å². The Balaban J connectivity index is 2.03. The number of hydrogen-bond acceptors (Lipinski definition) is 3. The fourth-order valence-corrected chi connectivity index (χ4v) is 2.75. The van der Waals surface area contributed by atoms with Crippen LogP contribution in [0.4, 0.5) is 0 Å². The van der Waals surface area contributed by atoms with Crippen LogP contribution in [0.5, 0.6) is 0 Å². The van der Waals surface area contributed by atoms with Crippen molar-refractivity contribution in [3.8, 4) is 0 Å². The molecule has 16 heavy (non-hydrogen) atoms. The Bertz CT molecular complexity index is 346. The van der Waals surface area contributed by atoms with Gasteiger partial charge in [-0.15, -0.1) is 11.8 Å². The van der Waals surface area contributed by atoms with Crippen LogP contribution in [0, 0.1) is 6.92 Å². The summed E-state index contributed by atoms with van der Waals surface area (Å²) in [7, 11) is 0. The topological polar surface area (TPSA) is 15.3 Å². The standard InChI is InChI=1S/C13H20N2S/c1-11-3-4-12(9-13(11)16-2)10-15-7-5-14-6-8-15/h3-4,9,14H,5-8,10H2,1-2H3. The van der Waals surface area contributed by atoms with Gasteiger partial charge >= 0.3 is 0 Å². The first-order chi connectivity index (χ1) is 7.79. The maximum atomic E-state index is 3.39. The quantitative estimate of drug-likeness (QED) is 0.809. The minimum absolute atomic E-state index is 1.09. The molecule has 0 amide bonds. The van der Waals surface area contributed by atoms with Crippen LogP contribution in [0.1, 0.15) is 11.1 Å². The molecule has 1 fully saturated rings. The minimum Gasteiger partial charge on any atom is -0.314 e. The van der Waals surface area contributed by atoms with Crippen molar-refractivity contribution in [1.29, 1.82) is 0 Å². The van der Waals surface area contributed by atoms with Crippen molar-refractivity contribution < 1.29 is 0 Å². The SMILES string of the molecule is CSc1cc(CN2CCNCC2)ccc1C. The van der Waals surface area contributed by atoms with E-state index in [0.29, 0.717) is 0 Å². The highest BCUT2D eigenvalue weighted by molar-refractivity contribution is 7.98. The maximum Gasteiger partial charge on any atom is 0.0235 e. The average Bonchev–Trinajstić information content (AvgIpc) is 2.33. The minimum atomic E-state index is 1.09. The molecule has 2 nitrogen and oxygen atoms in total. The van der Waals surface area contributed by atoms with Crippen LogP contribution in [0.15, 0.2) is 23.1 Å². The molecule has 1 N–H and O–H groups in total. The van der Waals surface area contributed by atoms with Crippen LogP contribution in [0.3, 0.4) is 0 Å². The Kier molecular flexibility index (Phi) is 4.27. The molecular weight excluding hydrogens is 216 g/mol. The van der Waals surface area contributed by atoms with Gasteiger partial charge in [-0.25, -0.2) is 0 Å². The molecular formula is C13H20N2S. The van der Waals surface area contributed by atoms with Gasteiger partial charge in [0.1, 0.15) is 0 Å². The van der Waals surface area contributed by atoms with Crippen LogP contribution < -0.4 is 5.32 Å². The predicted molar refractivity (Wildman–Crippen MR) is 71.1 cm³/mol. The fraction of sp³-hybridized carbons (Fsp3) is 0.538. The number of hydrogen-bond donors (Lipinski definition) is 1. The van der Waals surface area contributed by atoms with Crippen molar-refractivity contribution in [1.82, 2.24) is 10.2 Å². The summed E-state index contributed by atoms with van der Waals surface area (Å²) in [5.74, 6) is 0. The Labute approximate surface area is 102 Å². The Morgan fingerprint density at radius 3 is 2.75 bits per heavy atom. The lowest BCUT2D eigenvalue weighted by molar-refractivity contribution is 0.233. The van der Waals surface area contributed by atoms with E-state index in [-0.39, 0.29) is 0 Å².